The summed E-state index contributed by atoms with van der Waals surface area (Å²) in [5.41, 5.74) is 0.506. The molecule has 1 heterocycles. The number of nitrogens with one attached hydrogen (secondary N) is 1. The minimum atomic E-state index is -0.0359. The maximum atomic E-state index is 13.6. The van der Waals surface area contributed by atoms with Crippen molar-refractivity contribution in [3.05, 3.63) is 40.9 Å². The predicted molar refractivity (Wildman–Crippen MR) is 118 cm³/mol. The molecule has 1 saturated heterocycles. The molecule has 158 valence electrons. The van der Waals surface area contributed by atoms with E-state index in [9.17, 15) is 4.79 Å². The minimum absolute atomic E-state index is 0.0359. The van der Waals surface area contributed by atoms with Crippen LogP contribution in [0.5, 0.6) is 5.75 Å². The summed E-state index contributed by atoms with van der Waals surface area (Å²) >= 11 is 6.76. The number of benzene rings is 2. The van der Waals surface area contributed by atoms with Crippen molar-refractivity contribution in [3.8, 4) is 5.75 Å². The SMILES string of the molecule is COCCCOc1c(Cl)c(C(=O)N(C(C)C)[C@@H]2CCCNC2)cc2ccccc12. The quantitative estimate of drug-likeness (QED) is 0.641. The second kappa shape index (κ2) is 10.3. The second-order valence-corrected chi connectivity index (χ2v) is 8.17. The Morgan fingerprint density at radius 1 is 1.31 bits per heavy atom. The van der Waals surface area contributed by atoms with Crippen LogP contribution in [0.25, 0.3) is 10.8 Å². The molecule has 0 saturated carbocycles. The second-order valence-electron chi connectivity index (χ2n) is 7.79. The van der Waals surface area contributed by atoms with Crippen LogP contribution in [0.1, 0.15) is 43.5 Å². The molecular weight excluding hydrogens is 388 g/mol. The van der Waals surface area contributed by atoms with Crippen molar-refractivity contribution < 1.29 is 14.3 Å². The van der Waals surface area contributed by atoms with Crippen LogP contribution < -0.4 is 10.1 Å². The molecule has 1 aliphatic rings. The zero-order valence-corrected chi connectivity index (χ0v) is 18.3. The van der Waals surface area contributed by atoms with Gasteiger partial charge in [-0.25, -0.2) is 0 Å². The van der Waals surface area contributed by atoms with Gasteiger partial charge in [0.15, 0.2) is 0 Å². The Labute approximate surface area is 178 Å². The Hall–Kier alpha value is -1.82. The lowest BCUT2D eigenvalue weighted by atomic mass is 10.0. The van der Waals surface area contributed by atoms with Gasteiger partial charge < -0.3 is 19.7 Å². The monoisotopic (exact) mass is 418 g/mol. The van der Waals surface area contributed by atoms with Crippen molar-refractivity contribution in [1.29, 1.82) is 0 Å². The van der Waals surface area contributed by atoms with Crippen LogP contribution in [0.3, 0.4) is 0 Å². The third-order valence-corrected chi connectivity index (χ3v) is 5.74. The van der Waals surface area contributed by atoms with Crippen LogP contribution in [0.4, 0.5) is 0 Å². The highest BCUT2D eigenvalue weighted by Gasteiger charge is 2.30. The number of fused-ring (bicyclic) bond motifs is 1. The maximum Gasteiger partial charge on any atom is 0.256 e. The van der Waals surface area contributed by atoms with Crippen LogP contribution in [0.15, 0.2) is 30.3 Å². The van der Waals surface area contributed by atoms with E-state index < -0.39 is 0 Å². The number of nitrogens with zero attached hydrogens (tertiary/aromatic N) is 1. The number of methoxy groups -OCH3 is 1. The van der Waals surface area contributed by atoms with Gasteiger partial charge in [-0.2, -0.15) is 0 Å². The zero-order valence-electron chi connectivity index (χ0n) is 17.5. The van der Waals surface area contributed by atoms with Gasteiger partial charge in [-0.3, -0.25) is 4.79 Å². The van der Waals surface area contributed by atoms with Crippen molar-refractivity contribution in [2.75, 3.05) is 33.4 Å². The molecule has 5 nitrogen and oxygen atoms in total. The summed E-state index contributed by atoms with van der Waals surface area (Å²) in [6, 6.07) is 10.0. The zero-order chi connectivity index (χ0) is 20.8. The smallest absolute Gasteiger partial charge is 0.256 e. The molecule has 1 atom stereocenters. The average Bonchev–Trinajstić information content (AvgIpc) is 2.72. The van der Waals surface area contributed by atoms with E-state index in [-0.39, 0.29) is 18.0 Å². The van der Waals surface area contributed by atoms with Crippen LogP contribution in [0.2, 0.25) is 5.02 Å². The first kappa shape index (κ1) is 21.9. The summed E-state index contributed by atoms with van der Waals surface area (Å²) < 4.78 is 11.1. The van der Waals surface area contributed by atoms with Crippen LogP contribution in [-0.4, -0.2) is 56.3 Å². The van der Waals surface area contributed by atoms with Gasteiger partial charge in [-0.1, -0.05) is 35.9 Å². The fourth-order valence-corrected chi connectivity index (χ4v) is 4.29. The van der Waals surface area contributed by atoms with Gasteiger partial charge >= 0.3 is 0 Å². The Morgan fingerprint density at radius 2 is 2.10 bits per heavy atom. The number of ether oxygens (including phenoxy) is 2. The lowest BCUT2D eigenvalue weighted by molar-refractivity contribution is 0.0573. The fourth-order valence-electron chi connectivity index (χ4n) is 4.00. The van der Waals surface area contributed by atoms with Gasteiger partial charge in [-0.05, 0) is 44.7 Å². The summed E-state index contributed by atoms with van der Waals surface area (Å²) in [5, 5.41) is 5.67. The highest BCUT2D eigenvalue weighted by Crippen LogP contribution is 2.38. The summed E-state index contributed by atoms with van der Waals surface area (Å²) in [7, 11) is 1.67. The van der Waals surface area contributed by atoms with Crippen LogP contribution in [-0.2, 0) is 4.74 Å². The number of carbonyl (C=O) groups excluding carboxylic acids is 1. The van der Waals surface area contributed by atoms with Crippen molar-refractivity contribution in [2.24, 2.45) is 0 Å². The number of carbonyl (C=O) groups is 1. The molecule has 1 amide bonds. The first-order valence-corrected chi connectivity index (χ1v) is 10.8. The van der Waals surface area contributed by atoms with Crippen molar-refractivity contribution >= 4 is 28.3 Å². The molecule has 6 heteroatoms. The molecule has 2 aromatic carbocycles. The van der Waals surface area contributed by atoms with E-state index in [1.54, 1.807) is 7.11 Å². The highest BCUT2D eigenvalue weighted by atomic mass is 35.5. The fraction of sp³-hybridized carbons (Fsp3) is 0.522. The van der Waals surface area contributed by atoms with E-state index >= 15 is 0 Å². The number of piperidine rings is 1. The summed E-state index contributed by atoms with van der Waals surface area (Å²) in [6.07, 6.45) is 2.83. The summed E-state index contributed by atoms with van der Waals surface area (Å²) in [5.74, 6) is 0.542. The summed E-state index contributed by atoms with van der Waals surface area (Å²) in [6.45, 7) is 7.04. The molecular formula is C23H31ClN2O3. The molecule has 29 heavy (non-hydrogen) atoms. The number of amides is 1. The predicted octanol–water partition coefficient (Wildman–Crippen LogP) is 4.51. The van der Waals surface area contributed by atoms with Gasteiger partial charge in [0.05, 0.1) is 17.2 Å². The molecule has 2 aromatic rings. The van der Waals surface area contributed by atoms with E-state index in [1.165, 1.54) is 0 Å². The van der Waals surface area contributed by atoms with Crippen LogP contribution in [0, 0.1) is 0 Å². The van der Waals surface area contributed by atoms with Gasteiger partial charge in [0.1, 0.15) is 5.75 Å². The molecule has 0 bridgehead atoms. The molecule has 1 fully saturated rings. The van der Waals surface area contributed by atoms with E-state index in [0.717, 1.165) is 43.1 Å². The van der Waals surface area contributed by atoms with E-state index in [4.69, 9.17) is 21.1 Å². The Morgan fingerprint density at radius 3 is 2.79 bits per heavy atom. The maximum absolute atomic E-state index is 13.6. The first-order chi connectivity index (χ1) is 14.0. The Bertz CT molecular complexity index is 834. The van der Waals surface area contributed by atoms with Crippen molar-refractivity contribution in [2.45, 2.75) is 45.2 Å². The first-order valence-electron chi connectivity index (χ1n) is 10.4. The average molecular weight is 419 g/mol. The van der Waals surface area contributed by atoms with Gasteiger partial charge in [-0.15, -0.1) is 0 Å². The van der Waals surface area contributed by atoms with Gasteiger partial charge in [0, 0.05) is 44.2 Å². The Kier molecular flexibility index (Phi) is 7.76. The molecule has 0 aromatic heterocycles. The lowest BCUT2D eigenvalue weighted by Crippen LogP contribution is -2.51. The number of rotatable bonds is 8. The minimum Gasteiger partial charge on any atom is -0.491 e. The molecule has 1 aliphatic heterocycles. The third-order valence-electron chi connectivity index (χ3n) is 5.37. The normalized spacial score (nSPS) is 16.9. The van der Waals surface area contributed by atoms with E-state index in [0.29, 0.717) is 29.5 Å². The third kappa shape index (κ3) is 5.03. The van der Waals surface area contributed by atoms with Gasteiger partial charge in [0.2, 0.25) is 0 Å². The standard InChI is InChI=1S/C23H31ClN2O3/c1-16(2)26(18-9-6-11-25-15-18)23(27)20-14-17-8-4-5-10-19(17)22(21(20)24)29-13-7-12-28-3/h4-5,8,10,14,16,18,25H,6-7,9,11-13,15H2,1-3H3/t18-/m1/s1. The number of hydrogen-bond donors (Lipinski definition) is 1. The van der Waals surface area contributed by atoms with E-state index in [1.807, 2.05) is 35.2 Å². The van der Waals surface area contributed by atoms with Gasteiger partial charge in [0.25, 0.3) is 5.91 Å². The van der Waals surface area contributed by atoms with Crippen molar-refractivity contribution in [3.63, 3.8) is 0 Å². The molecule has 0 unspecified atom stereocenters. The number of hydrogen-bond acceptors (Lipinski definition) is 4. The van der Waals surface area contributed by atoms with Crippen molar-refractivity contribution in [1.82, 2.24) is 10.2 Å². The number of halogens is 1. The summed E-state index contributed by atoms with van der Waals surface area (Å²) in [4.78, 5) is 15.6. The topological polar surface area (TPSA) is 50.8 Å². The molecule has 0 spiro atoms. The largest absolute Gasteiger partial charge is 0.491 e. The lowest BCUT2D eigenvalue weighted by Gasteiger charge is -2.38. The Balaban J connectivity index is 1.98. The highest BCUT2D eigenvalue weighted by molar-refractivity contribution is 6.36. The molecule has 1 N–H and O–H groups in total. The molecule has 0 aliphatic carbocycles. The molecule has 0 radical (unpaired) electrons. The molecule has 3 rings (SSSR count). The van der Waals surface area contributed by atoms with E-state index in [2.05, 4.69) is 19.2 Å². The van der Waals surface area contributed by atoms with Crippen LogP contribution >= 0.6 is 11.6 Å².